The zero-order chi connectivity index (χ0) is 29.2. The van der Waals surface area contributed by atoms with Gasteiger partial charge in [0.15, 0.2) is 5.01 Å². The number of carbonyl (C=O) groups excluding carboxylic acids is 2. The van der Waals surface area contributed by atoms with Gasteiger partial charge in [0, 0.05) is 25.7 Å². The summed E-state index contributed by atoms with van der Waals surface area (Å²) in [5, 5.41) is 11.3. The summed E-state index contributed by atoms with van der Waals surface area (Å²) in [6.45, 7) is 5.71. The van der Waals surface area contributed by atoms with Crippen LogP contribution < -0.4 is 10.0 Å². The number of halogens is 5. The van der Waals surface area contributed by atoms with Gasteiger partial charge in [-0.3, -0.25) is 9.59 Å². The van der Waals surface area contributed by atoms with E-state index >= 15 is 0 Å². The first-order valence-electron chi connectivity index (χ1n) is 11.1. The molecule has 0 aliphatic rings. The van der Waals surface area contributed by atoms with Gasteiger partial charge in [0.2, 0.25) is 10.0 Å². The van der Waals surface area contributed by atoms with Crippen LogP contribution in [0.1, 0.15) is 54.4 Å². The lowest BCUT2D eigenvalue weighted by Crippen LogP contribution is -2.43. The van der Waals surface area contributed by atoms with Crippen LogP contribution in [0.15, 0.2) is 17.0 Å². The maximum Gasteiger partial charge on any atom is 0.404 e. The van der Waals surface area contributed by atoms with Crippen LogP contribution in [-0.2, 0) is 10.0 Å². The van der Waals surface area contributed by atoms with Crippen LogP contribution in [0, 0.1) is 0 Å². The summed E-state index contributed by atoms with van der Waals surface area (Å²) < 4.78 is 65.4. The number of sulfonamides is 1. The van der Waals surface area contributed by atoms with E-state index in [-0.39, 0.29) is 32.7 Å². The number of alkyl halides is 3. The molecular formula is C22H27Cl2F3N4O5S2. The molecule has 0 saturated heterocycles. The van der Waals surface area contributed by atoms with Gasteiger partial charge < -0.3 is 15.3 Å². The number of hydrogen-bond acceptors (Lipinski definition) is 7. The number of hydrogen-bond donors (Lipinski definition) is 3. The third-order valence-electron chi connectivity index (χ3n) is 5.02. The summed E-state index contributed by atoms with van der Waals surface area (Å²) in [5.41, 5.74) is -1.32. The number of nitrogens with zero attached hydrogens (tertiary/aromatic N) is 2. The second kappa shape index (κ2) is 12.0. The van der Waals surface area contributed by atoms with E-state index < -0.39 is 49.6 Å². The number of amides is 2. The maximum absolute atomic E-state index is 13.1. The molecule has 0 fully saturated rings. The first-order valence-corrected chi connectivity index (χ1v) is 14.2. The van der Waals surface area contributed by atoms with Gasteiger partial charge in [0.05, 0.1) is 20.5 Å². The molecule has 9 nitrogen and oxygen atoms in total. The Balaban J connectivity index is 2.61. The molecule has 2 amide bonds. The fourth-order valence-electron chi connectivity index (χ4n) is 3.01. The van der Waals surface area contributed by atoms with Crippen LogP contribution in [-0.4, -0.2) is 73.2 Å². The second-order valence-electron chi connectivity index (χ2n) is 9.04. The highest BCUT2D eigenvalue weighted by atomic mass is 35.5. The molecule has 3 N–H and O–H groups in total. The van der Waals surface area contributed by atoms with Gasteiger partial charge in [-0.1, -0.05) is 36.2 Å². The van der Waals surface area contributed by atoms with Crippen LogP contribution in [0.3, 0.4) is 0 Å². The van der Waals surface area contributed by atoms with Crippen molar-refractivity contribution in [2.75, 3.05) is 20.1 Å². The Hall–Kier alpha value is -1.97. The molecule has 0 aliphatic heterocycles. The smallest absolute Gasteiger partial charge is 0.389 e. The van der Waals surface area contributed by atoms with Crippen LogP contribution in [0.5, 0.6) is 0 Å². The molecule has 1 atom stereocenters. The molecule has 212 valence electrons. The predicted molar refractivity (Wildman–Crippen MR) is 139 cm³/mol. The second-order valence-corrected chi connectivity index (χ2v) is 12.5. The van der Waals surface area contributed by atoms with E-state index in [1.807, 2.05) is 6.92 Å². The zero-order valence-corrected chi connectivity index (χ0v) is 24.2. The molecule has 0 aliphatic carbocycles. The Labute approximate surface area is 232 Å². The van der Waals surface area contributed by atoms with Crippen LogP contribution in [0.2, 0.25) is 10.0 Å². The maximum atomic E-state index is 13.1. The largest absolute Gasteiger partial charge is 0.404 e. The summed E-state index contributed by atoms with van der Waals surface area (Å²) >= 11 is 13.3. The van der Waals surface area contributed by atoms with Crippen molar-refractivity contribution >= 4 is 56.4 Å². The lowest BCUT2D eigenvalue weighted by molar-refractivity contribution is -0.147. The molecule has 1 aromatic carbocycles. The minimum absolute atomic E-state index is 0.0479. The first-order chi connectivity index (χ1) is 17.3. The lowest BCUT2D eigenvalue weighted by atomic mass is 10.1. The minimum Gasteiger partial charge on any atom is -0.389 e. The van der Waals surface area contributed by atoms with Crippen molar-refractivity contribution in [3.8, 4) is 10.4 Å². The highest BCUT2D eigenvalue weighted by Crippen LogP contribution is 2.42. The van der Waals surface area contributed by atoms with Gasteiger partial charge in [-0.05, 0) is 33.3 Å². The van der Waals surface area contributed by atoms with Gasteiger partial charge in [-0.25, -0.2) is 13.4 Å². The molecule has 2 rings (SSSR count). The Bertz CT molecular complexity index is 1310. The van der Waals surface area contributed by atoms with Gasteiger partial charge >= 0.3 is 6.18 Å². The molecule has 1 aromatic heterocycles. The third kappa shape index (κ3) is 7.79. The summed E-state index contributed by atoms with van der Waals surface area (Å²) in [6, 6.07) is -0.275. The van der Waals surface area contributed by atoms with E-state index in [1.54, 1.807) is 0 Å². The van der Waals surface area contributed by atoms with E-state index in [0.717, 1.165) is 17.4 Å². The molecule has 1 unspecified atom stereocenters. The average molecular weight is 620 g/mol. The number of benzene rings is 1. The standard InChI is InChI=1S/C22H27Cl2F3N4O5S2/c1-6-9-31(5)20(33)16-17(37-19(29-16)18(32)28-10-21(3,4)34)12-7-8-13(15(24)14(12)23)38(35,36)30-11(2)22(25,26)27/h7-8,11,30,34H,6,9-10H2,1-5H3,(H,28,32). The Morgan fingerprint density at radius 3 is 2.34 bits per heavy atom. The van der Waals surface area contributed by atoms with E-state index in [1.165, 1.54) is 36.6 Å². The Morgan fingerprint density at radius 2 is 1.82 bits per heavy atom. The SMILES string of the molecule is CCCN(C)C(=O)c1nc(C(=O)NCC(C)(C)O)sc1-c1ccc(S(=O)(=O)NC(C)C(F)(F)F)c(Cl)c1Cl. The van der Waals surface area contributed by atoms with E-state index in [9.17, 15) is 36.3 Å². The van der Waals surface area contributed by atoms with Gasteiger partial charge in [-0.2, -0.15) is 17.9 Å². The quantitative estimate of drug-likeness (QED) is 0.363. The van der Waals surface area contributed by atoms with Gasteiger partial charge in [0.1, 0.15) is 16.6 Å². The highest BCUT2D eigenvalue weighted by Gasteiger charge is 2.39. The molecule has 0 bridgehead atoms. The van der Waals surface area contributed by atoms with E-state index in [0.29, 0.717) is 19.9 Å². The molecule has 0 spiro atoms. The highest BCUT2D eigenvalue weighted by molar-refractivity contribution is 7.89. The first kappa shape index (κ1) is 32.2. The van der Waals surface area contributed by atoms with Crippen molar-refractivity contribution < 1.29 is 36.3 Å². The van der Waals surface area contributed by atoms with E-state index in [4.69, 9.17) is 23.2 Å². The number of thiazole rings is 1. The summed E-state index contributed by atoms with van der Waals surface area (Å²) in [7, 11) is -3.20. The average Bonchev–Trinajstić information content (AvgIpc) is 3.22. The van der Waals surface area contributed by atoms with Crippen molar-refractivity contribution in [2.24, 2.45) is 0 Å². The number of rotatable bonds is 10. The van der Waals surface area contributed by atoms with Crippen molar-refractivity contribution in [3.05, 3.63) is 32.9 Å². The number of aliphatic hydroxyl groups is 1. The minimum atomic E-state index is -4.84. The van der Waals surface area contributed by atoms with Crippen molar-refractivity contribution in [1.29, 1.82) is 0 Å². The van der Waals surface area contributed by atoms with Crippen molar-refractivity contribution in [2.45, 2.75) is 56.8 Å². The molecule has 0 radical (unpaired) electrons. The number of nitrogens with one attached hydrogen (secondary N) is 2. The fraction of sp³-hybridized carbons (Fsp3) is 0.500. The molecule has 1 heterocycles. The fourth-order valence-corrected chi connectivity index (χ4v) is 6.17. The molecular weight excluding hydrogens is 592 g/mol. The number of carbonyl (C=O) groups is 2. The monoisotopic (exact) mass is 618 g/mol. The summed E-state index contributed by atoms with van der Waals surface area (Å²) in [4.78, 5) is 30.8. The van der Waals surface area contributed by atoms with Crippen LogP contribution in [0.4, 0.5) is 13.2 Å². The van der Waals surface area contributed by atoms with Crippen molar-refractivity contribution in [1.82, 2.24) is 19.9 Å². The molecule has 0 saturated carbocycles. The lowest BCUT2D eigenvalue weighted by Gasteiger charge is -2.19. The predicted octanol–water partition coefficient (Wildman–Crippen LogP) is 4.33. The molecule has 2 aromatic rings. The number of aromatic nitrogens is 1. The van der Waals surface area contributed by atoms with Crippen LogP contribution >= 0.6 is 34.5 Å². The van der Waals surface area contributed by atoms with Crippen molar-refractivity contribution in [3.63, 3.8) is 0 Å². The zero-order valence-electron chi connectivity index (χ0n) is 21.0. The molecule has 38 heavy (non-hydrogen) atoms. The van der Waals surface area contributed by atoms with Crippen LogP contribution in [0.25, 0.3) is 10.4 Å². The summed E-state index contributed by atoms with van der Waals surface area (Å²) in [6.07, 6.45) is -4.21. The Morgan fingerprint density at radius 1 is 1.21 bits per heavy atom. The topological polar surface area (TPSA) is 129 Å². The van der Waals surface area contributed by atoms with Gasteiger partial charge in [0.25, 0.3) is 11.8 Å². The molecule has 16 heteroatoms. The van der Waals surface area contributed by atoms with E-state index in [2.05, 4.69) is 10.3 Å². The normalized spacial score (nSPS) is 13.3. The Kier molecular flexibility index (Phi) is 10.2. The third-order valence-corrected chi connectivity index (χ3v) is 8.68. The summed E-state index contributed by atoms with van der Waals surface area (Å²) in [5.74, 6) is -1.23. The van der Waals surface area contributed by atoms with Gasteiger partial charge in [-0.15, -0.1) is 11.3 Å².